The molecule has 0 spiro atoms. The van der Waals surface area contributed by atoms with Crippen molar-refractivity contribution in [2.45, 2.75) is 59.5 Å². The molecular weight excluding hydrogens is 176 g/mol. The van der Waals surface area contributed by atoms with Crippen LogP contribution in [0.1, 0.15) is 53.9 Å². The largest absolute Gasteiger partial charge is 0.368 e. The van der Waals surface area contributed by atoms with E-state index in [4.69, 9.17) is 4.74 Å². The van der Waals surface area contributed by atoms with E-state index in [1.54, 1.807) is 0 Å². The molecular formula is C12H24O2. The van der Waals surface area contributed by atoms with E-state index in [1.165, 1.54) is 0 Å². The Morgan fingerprint density at radius 3 is 2.29 bits per heavy atom. The highest BCUT2D eigenvalue weighted by molar-refractivity contribution is 5.88. The van der Waals surface area contributed by atoms with Crippen molar-refractivity contribution in [3.05, 3.63) is 0 Å². The molecule has 0 aliphatic rings. The first kappa shape index (κ1) is 13.6. The van der Waals surface area contributed by atoms with Gasteiger partial charge in [0.25, 0.3) is 0 Å². The molecule has 14 heavy (non-hydrogen) atoms. The van der Waals surface area contributed by atoms with E-state index >= 15 is 0 Å². The van der Waals surface area contributed by atoms with Crippen LogP contribution < -0.4 is 0 Å². The predicted molar refractivity (Wildman–Crippen MR) is 59.4 cm³/mol. The summed E-state index contributed by atoms with van der Waals surface area (Å²) in [6, 6.07) is 0. The van der Waals surface area contributed by atoms with Crippen molar-refractivity contribution in [3.63, 3.8) is 0 Å². The number of hydrogen-bond acceptors (Lipinski definition) is 2. The Kier molecular flexibility index (Phi) is 6.01. The van der Waals surface area contributed by atoms with Crippen LogP contribution in [0.5, 0.6) is 0 Å². The van der Waals surface area contributed by atoms with Gasteiger partial charge in [0.05, 0.1) is 0 Å². The zero-order valence-electron chi connectivity index (χ0n) is 10.2. The monoisotopic (exact) mass is 200 g/mol. The Hall–Kier alpha value is -0.370. The smallest absolute Gasteiger partial charge is 0.167 e. The van der Waals surface area contributed by atoms with Gasteiger partial charge >= 0.3 is 0 Å². The third-order valence-corrected chi connectivity index (χ3v) is 2.83. The molecule has 0 radical (unpaired) electrons. The van der Waals surface area contributed by atoms with Crippen molar-refractivity contribution in [1.29, 1.82) is 0 Å². The molecule has 2 unspecified atom stereocenters. The highest BCUT2D eigenvalue weighted by Crippen LogP contribution is 2.23. The lowest BCUT2D eigenvalue weighted by Gasteiger charge is -2.29. The number of carbonyl (C=O) groups is 1. The molecule has 2 nitrogen and oxygen atoms in total. The first-order valence-electron chi connectivity index (χ1n) is 5.70. The minimum Gasteiger partial charge on any atom is -0.368 e. The van der Waals surface area contributed by atoms with Crippen LogP contribution in [0.15, 0.2) is 0 Å². The molecule has 0 aromatic heterocycles. The van der Waals surface area contributed by atoms with Gasteiger partial charge in [0, 0.05) is 12.5 Å². The molecule has 84 valence electrons. The van der Waals surface area contributed by atoms with E-state index in [2.05, 4.69) is 6.92 Å². The quantitative estimate of drug-likeness (QED) is 0.631. The number of ether oxygens (including phenoxy) is 1. The van der Waals surface area contributed by atoms with Crippen molar-refractivity contribution in [1.82, 2.24) is 0 Å². The summed E-state index contributed by atoms with van der Waals surface area (Å²) in [6.45, 7) is 10.6. The second-order valence-corrected chi connectivity index (χ2v) is 4.07. The van der Waals surface area contributed by atoms with Gasteiger partial charge in [0.1, 0.15) is 5.60 Å². The maximum Gasteiger partial charge on any atom is 0.167 e. The van der Waals surface area contributed by atoms with E-state index in [-0.39, 0.29) is 11.7 Å². The Morgan fingerprint density at radius 2 is 1.93 bits per heavy atom. The van der Waals surface area contributed by atoms with Gasteiger partial charge in [0.15, 0.2) is 5.78 Å². The van der Waals surface area contributed by atoms with Crippen LogP contribution in [0, 0.1) is 5.92 Å². The average Bonchev–Trinajstić information content (AvgIpc) is 2.17. The zero-order chi connectivity index (χ0) is 11.2. The fraction of sp³-hybridized carbons (Fsp3) is 0.917. The molecule has 0 saturated carbocycles. The third kappa shape index (κ3) is 3.41. The molecule has 0 N–H and O–H groups in total. The second-order valence-electron chi connectivity index (χ2n) is 4.07. The minimum atomic E-state index is -0.566. The fourth-order valence-electron chi connectivity index (χ4n) is 1.75. The summed E-state index contributed by atoms with van der Waals surface area (Å²) in [7, 11) is 0. The Morgan fingerprint density at radius 1 is 1.36 bits per heavy atom. The van der Waals surface area contributed by atoms with Crippen LogP contribution in [-0.4, -0.2) is 18.0 Å². The SMILES string of the molecule is CCCC(C)C(=O)C(C)(CC)OCC. The van der Waals surface area contributed by atoms with Gasteiger partial charge in [-0.05, 0) is 26.7 Å². The maximum absolute atomic E-state index is 12.1. The number of rotatable bonds is 7. The molecule has 2 heteroatoms. The highest BCUT2D eigenvalue weighted by atomic mass is 16.5. The van der Waals surface area contributed by atoms with Gasteiger partial charge in [0.2, 0.25) is 0 Å². The van der Waals surface area contributed by atoms with E-state index in [1.807, 2.05) is 27.7 Å². The summed E-state index contributed by atoms with van der Waals surface area (Å²) in [4.78, 5) is 12.1. The summed E-state index contributed by atoms with van der Waals surface area (Å²) in [5.74, 6) is 0.375. The van der Waals surface area contributed by atoms with Gasteiger partial charge in [-0.2, -0.15) is 0 Å². The first-order chi connectivity index (χ1) is 6.51. The van der Waals surface area contributed by atoms with Gasteiger partial charge in [-0.25, -0.2) is 0 Å². The lowest BCUT2D eigenvalue weighted by atomic mass is 9.86. The van der Waals surface area contributed by atoms with E-state index in [0.717, 1.165) is 19.3 Å². The number of ketones is 1. The molecule has 0 fully saturated rings. The first-order valence-corrected chi connectivity index (χ1v) is 5.70. The molecule has 0 saturated heterocycles. The molecule has 0 aliphatic carbocycles. The summed E-state index contributed by atoms with van der Waals surface area (Å²) < 4.78 is 5.56. The van der Waals surface area contributed by atoms with Gasteiger partial charge < -0.3 is 4.74 Å². The topological polar surface area (TPSA) is 26.3 Å². The Bertz CT molecular complexity index is 177. The van der Waals surface area contributed by atoms with Gasteiger partial charge in [-0.15, -0.1) is 0 Å². The fourth-order valence-corrected chi connectivity index (χ4v) is 1.75. The zero-order valence-corrected chi connectivity index (χ0v) is 10.2. The average molecular weight is 200 g/mol. The van der Waals surface area contributed by atoms with Crippen molar-refractivity contribution >= 4 is 5.78 Å². The van der Waals surface area contributed by atoms with E-state index in [9.17, 15) is 4.79 Å². The van der Waals surface area contributed by atoms with E-state index in [0.29, 0.717) is 6.61 Å². The van der Waals surface area contributed by atoms with Crippen molar-refractivity contribution in [2.75, 3.05) is 6.61 Å². The molecule has 0 bridgehead atoms. The lowest BCUT2D eigenvalue weighted by Crippen LogP contribution is -2.41. The molecule has 2 atom stereocenters. The van der Waals surface area contributed by atoms with Gasteiger partial charge in [-0.1, -0.05) is 27.2 Å². The van der Waals surface area contributed by atoms with E-state index < -0.39 is 5.60 Å². The molecule has 0 aromatic carbocycles. The molecule has 0 aromatic rings. The minimum absolute atomic E-state index is 0.122. The molecule has 0 heterocycles. The van der Waals surface area contributed by atoms with Crippen molar-refractivity contribution in [2.24, 2.45) is 5.92 Å². The van der Waals surface area contributed by atoms with Crippen LogP contribution in [0.3, 0.4) is 0 Å². The maximum atomic E-state index is 12.1. The van der Waals surface area contributed by atoms with Crippen LogP contribution in [0.25, 0.3) is 0 Å². The molecule has 0 amide bonds. The van der Waals surface area contributed by atoms with Crippen LogP contribution in [0.4, 0.5) is 0 Å². The van der Waals surface area contributed by atoms with Crippen LogP contribution in [0.2, 0.25) is 0 Å². The Labute approximate surface area is 88.0 Å². The van der Waals surface area contributed by atoms with Crippen molar-refractivity contribution < 1.29 is 9.53 Å². The Balaban J connectivity index is 4.43. The summed E-state index contributed by atoms with van der Waals surface area (Å²) in [5.41, 5.74) is -0.566. The number of Topliss-reactive ketones (excluding diaryl/α,β-unsaturated/α-hetero) is 1. The van der Waals surface area contributed by atoms with Crippen LogP contribution >= 0.6 is 0 Å². The van der Waals surface area contributed by atoms with Crippen molar-refractivity contribution in [3.8, 4) is 0 Å². The normalized spacial score (nSPS) is 17.5. The lowest BCUT2D eigenvalue weighted by molar-refractivity contribution is -0.146. The highest BCUT2D eigenvalue weighted by Gasteiger charge is 2.34. The molecule has 0 aliphatic heterocycles. The molecule has 0 rings (SSSR count). The third-order valence-electron chi connectivity index (χ3n) is 2.83. The summed E-state index contributed by atoms with van der Waals surface area (Å²) >= 11 is 0. The number of carbonyl (C=O) groups excluding carboxylic acids is 1. The second kappa shape index (κ2) is 6.18. The predicted octanol–water partition coefficient (Wildman–Crippen LogP) is 3.20. The standard InChI is InChI=1S/C12H24O2/c1-6-9-10(4)11(13)12(5,7-2)14-8-3/h10H,6-9H2,1-5H3. The summed E-state index contributed by atoms with van der Waals surface area (Å²) in [5, 5.41) is 0. The van der Waals surface area contributed by atoms with Gasteiger partial charge in [-0.3, -0.25) is 4.79 Å². The summed E-state index contributed by atoms with van der Waals surface area (Å²) in [6.07, 6.45) is 2.77. The number of hydrogen-bond donors (Lipinski definition) is 0. The van der Waals surface area contributed by atoms with Crippen LogP contribution in [-0.2, 0) is 9.53 Å².